The molecule has 1 aliphatic rings. The van der Waals surface area contributed by atoms with Gasteiger partial charge in [0.2, 0.25) is 0 Å². The molecule has 0 amide bonds. The van der Waals surface area contributed by atoms with Crippen LogP contribution < -0.4 is 11.1 Å². The fourth-order valence-electron chi connectivity index (χ4n) is 4.28. The van der Waals surface area contributed by atoms with Gasteiger partial charge in [-0.3, -0.25) is 0 Å². The number of ether oxygens (including phenoxy) is 1. The van der Waals surface area contributed by atoms with Gasteiger partial charge in [0.1, 0.15) is 6.10 Å². The molecule has 2 atom stereocenters. The van der Waals surface area contributed by atoms with Crippen molar-refractivity contribution in [3.8, 4) is 0 Å². The molecule has 3 rings (SSSR count). The molecule has 0 saturated carbocycles. The summed E-state index contributed by atoms with van der Waals surface area (Å²) in [6, 6.07) is 18.5. The summed E-state index contributed by atoms with van der Waals surface area (Å²) in [5, 5.41) is 3.79. The maximum atomic E-state index is 5.64. The normalized spacial score (nSPS) is 19.8. The van der Waals surface area contributed by atoms with E-state index in [9.17, 15) is 0 Å². The van der Waals surface area contributed by atoms with Gasteiger partial charge in [-0.1, -0.05) is 90.1 Å². The van der Waals surface area contributed by atoms with E-state index in [2.05, 4.69) is 95.4 Å². The molecule has 3 nitrogen and oxygen atoms in total. The Hall–Kier alpha value is -1.91. The average Bonchev–Trinajstić information content (AvgIpc) is 3.08. The van der Waals surface area contributed by atoms with Gasteiger partial charge in [-0.2, -0.15) is 0 Å². The van der Waals surface area contributed by atoms with Gasteiger partial charge in [-0.05, 0) is 45.3 Å². The number of hydrogen-bond donors (Lipinski definition) is 2. The zero-order valence-corrected chi connectivity index (χ0v) is 20.0. The molecule has 1 aliphatic heterocycles. The number of benzene rings is 2. The highest BCUT2D eigenvalue weighted by Crippen LogP contribution is 2.35. The first-order chi connectivity index (χ1) is 13.9. The summed E-state index contributed by atoms with van der Waals surface area (Å²) in [6.07, 6.45) is 0.905. The molecule has 1 fully saturated rings. The van der Waals surface area contributed by atoms with Gasteiger partial charge in [-0.25, -0.2) is 0 Å². The van der Waals surface area contributed by atoms with Gasteiger partial charge >= 0.3 is 0 Å². The van der Waals surface area contributed by atoms with E-state index in [4.69, 9.17) is 22.7 Å². The van der Waals surface area contributed by atoms with Crippen LogP contribution in [0.1, 0.15) is 76.1 Å². The maximum absolute atomic E-state index is 5.64. The largest absolute Gasteiger partial charge is 0.466 e. The third kappa shape index (κ3) is 5.41. The molecule has 1 heterocycles. The minimum Gasteiger partial charge on any atom is -0.466 e. The monoisotopic (exact) mass is 424 g/mol. The lowest BCUT2D eigenvalue weighted by atomic mass is 9.80. The lowest BCUT2D eigenvalue weighted by molar-refractivity contribution is 0.208. The highest BCUT2D eigenvalue weighted by atomic mass is 32.1. The second-order valence-corrected chi connectivity index (χ2v) is 10.9. The molecule has 2 aromatic rings. The van der Waals surface area contributed by atoms with Crippen molar-refractivity contribution in [2.45, 2.75) is 76.9 Å². The average molecular weight is 425 g/mol. The number of rotatable bonds is 4. The summed E-state index contributed by atoms with van der Waals surface area (Å²) >= 11 is 4.95. The van der Waals surface area contributed by atoms with Gasteiger partial charge in [0, 0.05) is 24.9 Å². The van der Waals surface area contributed by atoms with E-state index in [0.717, 1.165) is 13.0 Å². The third-order valence-electron chi connectivity index (χ3n) is 6.08. The fourth-order valence-corrected chi connectivity index (χ4v) is 4.41. The molecule has 0 aliphatic carbocycles. The lowest BCUT2D eigenvalue weighted by Crippen LogP contribution is -2.30. The lowest BCUT2D eigenvalue weighted by Gasteiger charge is -2.27. The Labute approximate surface area is 187 Å². The van der Waals surface area contributed by atoms with Crippen LogP contribution in [0.2, 0.25) is 0 Å². The Bertz CT molecular complexity index is 802. The van der Waals surface area contributed by atoms with Gasteiger partial charge in [-0.15, -0.1) is 0 Å². The van der Waals surface area contributed by atoms with Crippen molar-refractivity contribution < 1.29 is 4.74 Å². The molecule has 0 radical (unpaired) electrons. The van der Waals surface area contributed by atoms with E-state index < -0.39 is 0 Å². The van der Waals surface area contributed by atoms with Crippen molar-refractivity contribution in [1.82, 2.24) is 5.32 Å². The van der Waals surface area contributed by atoms with E-state index in [1.165, 1.54) is 22.3 Å². The summed E-state index contributed by atoms with van der Waals surface area (Å²) in [4.78, 5) is 0. The smallest absolute Gasteiger partial charge is 0.254 e. The molecule has 162 valence electrons. The van der Waals surface area contributed by atoms with Crippen LogP contribution in [0.4, 0.5) is 0 Å². The molecule has 0 spiro atoms. The van der Waals surface area contributed by atoms with Gasteiger partial charge < -0.3 is 15.8 Å². The maximum Gasteiger partial charge on any atom is 0.254 e. The number of thiocarbonyl (C=S) groups is 1. The predicted molar refractivity (Wildman–Crippen MR) is 130 cm³/mol. The van der Waals surface area contributed by atoms with Crippen molar-refractivity contribution in [1.29, 1.82) is 0 Å². The summed E-state index contributed by atoms with van der Waals surface area (Å²) in [6.45, 7) is 14.3. The summed E-state index contributed by atoms with van der Waals surface area (Å²) in [5.41, 5.74) is 11.2. The quantitative estimate of drug-likeness (QED) is 0.645. The van der Waals surface area contributed by atoms with Crippen LogP contribution in [-0.4, -0.2) is 23.9 Å². The van der Waals surface area contributed by atoms with E-state index in [0.29, 0.717) is 0 Å². The van der Waals surface area contributed by atoms with Crippen LogP contribution in [0.25, 0.3) is 0 Å². The topological polar surface area (TPSA) is 47.3 Å². The number of nitrogens with one attached hydrogen (secondary N) is 1. The third-order valence-corrected chi connectivity index (χ3v) is 6.18. The van der Waals surface area contributed by atoms with Crippen LogP contribution in [0, 0.1) is 0 Å². The van der Waals surface area contributed by atoms with Crippen LogP contribution >= 0.6 is 12.2 Å². The van der Waals surface area contributed by atoms with Crippen molar-refractivity contribution in [3.63, 3.8) is 0 Å². The Kier molecular flexibility index (Phi) is 6.59. The predicted octanol–water partition coefficient (Wildman–Crippen LogP) is 5.40. The molecule has 3 N–H and O–H groups in total. The minimum atomic E-state index is 0.0256. The van der Waals surface area contributed by atoms with Crippen molar-refractivity contribution in [2.24, 2.45) is 5.73 Å². The van der Waals surface area contributed by atoms with Gasteiger partial charge in [0.25, 0.3) is 5.17 Å². The zero-order valence-electron chi connectivity index (χ0n) is 19.2. The highest BCUT2D eigenvalue weighted by molar-refractivity contribution is 7.80. The molecule has 4 heteroatoms. The fraction of sp³-hybridized carbons (Fsp3) is 0.500. The molecule has 0 bridgehead atoms. The second kappa shape index (κ2) is 8.68. The molecule has 1 saturated heterocycles. The van der Waals surface area contributed by atoms with Crippen molar-refractivity contribution in [3.05, 3.63) is 70.8 Å². The molecule has 0 aromatic heterocycles. The van der Waals surface area contributed by atoms with E-state index >= 15 is 0 Å². The molecule has 30 heavy (non-hydrogen) atoms. The van der Waals surface area contributed by atoms with Crippen molar-refractivity contribution in [2.75, 3.05) is 6.54 Å². The van der Waals surface area contributed by atoms with Crippen LogP contribution in [0.5, 0.6) is 0 Å². The molecule has 2 aromatic carbocycles. The molecular weight excluding hydrogens is 388 g/mol. The SMILES string of the molecule is CC(C)(C)c1ccc(C(c2ccc(C(C)(C)C)cc2)C2C[C@@H](OC(N)=S)CN2)cc1. The Morgan fingerprint density at radius 1 is 0.900 bits per heavy atom. The zero-order chi connectivity index (χ0) is 22.1. The summed E-state index contributed by atoms with van der Waals surface area (Å²) in [5.74, 6) is 0.244. The van der Waals surface area contributed by atoms with Crippen LogP contribution in [0.3, 0.4) is 0 Å². The standard InChI is InChI=1S/C26H36N2OS/c1-25(2,3)19-11-7-17(8-12-19)23(22-15-21(16-28-22)29-24(27)30)18-9-13-20(14-10-18)26(4,5)6/h7-14,21-23,28H,15-16H2,1-6H3,(H2,27,30)/t21-,22?/m1/s1. The van der Waals surface area contributed by atoms with Gasteiger partial charge in [0.15, 0.2) is 0 Å². The van der Waals surface area contributed by atoms with E-state index in [1.54, 1.807) is 0 Å². The van der Waals surface area contributed by atoms with Crippen molar-refractivity contribution >= 4 is 17.4 Å². The molecule has 1 unspecified atom stereocenters. The summed E-state index contributed by atoms with van der Waals surface area (Å²) < 4.78 is 5.64. The van der Waals surface area contributed by atoms with E-state index in [1.807, 2.05) is 0 Å². The second-order valence-electron chi connectivity index (χ2n) is 10.5. The number of nitrogens with two attached hydrogens (primary N) is 1. The van der Waals surface area contributed by atoms with Crippen LogP contribution in [0.15, 0.2) is 48.5 Å². The molecular formula is C26H36N2OS. The first-order valence-corrected chi connectivity index (χ1v) is 11.3. The minimum absolute atomic E-state index is 0.0256. The van der Waals surface area contributed by atoms with Gasteiger partial charge in [0.05, 0.1) is 0 Å². The number of hydrogen-bond acceptors (Lipinski definition) is 3. The Morgan fingerprint density at radius 2 is 1.33 bits per heavy atom. The Morgan fingerprint density at radius 3 is 1.70 bits per heavy atom. The summed E-state index contributed by atoms with van der Waals surface area (Å²) in [7, 11) is 0. The first kappa shape index (κ1) is 22.8. The highest BCUT2D eigenvalue weighted by Gasteiger charge is 2.34. The van der Waals surface area contributed by atoms with E-state index in [-0.39, 0.29) is 34.1 Å². The Balaban J connectivity index is 1.94. The van der Waals surface area contributed by atoms with Crippen LogP contribution in [-0.2, 0) is 15.6 Å². The first-order valence-electron chi connectivity index (χ1n) is 10.9.